The summed E-state index contributed by atoms with van der Waals surface area (Å²) in [7, 11) is 0. The molecule has 40 heavy (non-hydrogen) atoms. The summed E-state index contributed by atoms with van der Waals surface area (Å²) in [4.78, 5) is 0. The van der Waals surface area contributed by atoms with Crippen molar-refractivity contribution in [2.45, 2.75) is 58.1 Å². The Hall–Kier alpha value is -3.28. The molecule has 0 amide bonds. The van der Waals surface area contributed by atoms with E-state index in [0.29, 0.717) is 33.0 Å². The Morgan fingerprint density at radius 2 is 0.850 bits per heavy atom. The van der Waals surface area contributed by atoms with Crippen molar-refractivity contribution in [1.29, 1.82) is 0 Å². The van der Waals surface area contributed by atoms with Crippen LogP contribution in [0.15, 0.2) is 121 Å². The molecular weight excluding hydrogens is 496 g/mol. The Labute approximate surface area is 238 Å². The topological polar surface area (TPSA) is 36.9 Å². The van der Waals surface area contributed by atoms with Crippen molar-refractivity contribution in [2.24, 2.45) is 11.8 Å². The molecule has 0 spiro atoms. The molecule has 1 aliphatic rings. The average Bonchev–Trinajstić information content (AvgIpc) is 3.01. The zero-order valence-electron chi connectivity index (χ0n) is 23.3. The Morgan fingerprint density at radius 1 is 0.475 bits per heavy atom. The lowest BCUT2D eigenvalue weighted by atomic mass is 9.76. The minimum Gasteiger partial charge on any atom is -0.376 e. The van der Waals surface area contributed by atoms with Gasteiger partial charge in [0.1, 0.15) is 6.10 Å². The van der Waals surface area contributed by atoms with Crippen LogP contribution in [0.25, 0.3) is 0 Å². The van der Waals surface area contributed by atoms with Gasteiger partial charge in [0.25, 0.3) is 0 Å². The largest absolute Gasteiger partial charge is 0.376 e. The highest BCUT2D eigenvalue weighted by Gasteiger charge is 2.45. The van der Waals surface area contributed by atoms with E-state index < -0.39 is 0 Å². The summed E-state index contributed by atoms with van der Waals surface area (Å²) in [6.07, 6.45) is 0.437. The molecule has 0 aliphatic heterocycles. The predicted molar refractivity (Wildman–Crippen MR) is 158 cm³/mol. The molecular formula is C36H40O4. The fraction of sp³-hybridized carbons (Fsp3) is 0.333. The van der Waals surface area contributed by atoms with Gasteiger partial charge in [-0.2, -0.15) is 0 Å². The van der Waals surface area contributed by atoms with Crippen LogP contribution >= 0.6 is 0 Å². The third-order valence-corrected chi connectivity index (χ3v) is 7.65. The minimum absolute atomic E-state index is 0.102. The van der Waals surface area contributed by atoms with Crippen molar-refractivity contribution < 1.29 is 18.9 Å². The van der Waals surface area contributed by atoms with Gasteiger partial charge < -0.3 is 18.9 Å². The fourth-order valence-corrected chi connectivity index (χ4v) is 5.57. The van der Waals surface area contributed by atoms with Crippen molar-refractivity contribution in [3.63, 3.8) is 0 Å². The second-order valence-corrected chi connectivity index (χ2v) is 10.8. The maximum absolute atomic E-state index is 6.73. The molecule has 1 aliphatic carbocycles. The first-order chi connectivity index (χ1) is 19.8. The average molecular weight is 537 g/mol. The van der Waals surface area contributed by atoms with Crippen LogP contribution in [-0.2, 0) is 45.4 Å². The third kappa shape index (κ3) is 8.12. The number of hydrogen-bond donors (Lipinski definition) is 0. The molecule has 4 aromatic rings. The lowest BCUT2D eigenvalue weighted by molar-refractivity contribution is -0.209. The molecule has 0 N–H and O–H groups in total. The normalized spacial score (nSPS) is 22.7. The summed E-state index contributed by atoms with van der Waals surface area (Å²) >= 11 is 0. The first-order valence-corrected chi connectivity index (χ1v) is 14.3. The maximum atomic E-state index is 6.73. The van der Waals surface area contributed by atoms with E-state index in [1.165, 1.54) is 5.56 Å². The van der Waals surface area contributed by atoms with Crippen LogP contribution in [0, 0.1) is 11.8 Å². The molecule has 0 saturated heterocycles. The number of rotatable bonds is 13. The quantitative estimate of drug-likeness (QED) is 0.176. The van der Waals surface area contributed by atoms with E-state index in [2.05, 4.69) is 104 Å². The van der Waals surface area contributed by atoms with Gasteiger partial charge in [0.15, 0.2) is 0 Å². The van der Waals surface area contributed by atoms with Gasteiger partial charge in [-0.05, 0) is 34.6 Å². The number of ether oxygens (including phenoxy) is 4. The first kappa shape index (κ1) is 28.3. The van der Waals surface area contributed by atoms with E-state index in [-0.39, 0.29) is 30.1 Å². The third-order valence-electron chi connectivity index (χ3n) is 7.65. The summed E-state index contributed by atoms with van der Waals surface area (Å²) < 4.78 is 26.4. The summed E-state index contributed by atoms with van der Waals surface area (Å²) in [6, 6.07) is 41.4. The Balaban J connectivity index is 1.36. The van der Waals surface area contributed by atoms with E-state index in [4.69, 9.17) is 18.9 Å². The van der Waals surface area contributed by atoms with Gasteiger partial charge in [0.2, 0.25) is 0 Å². The molecule has 0 heterocycles. The summed E-state index contributed by atoms with van der Waals surface area (Å²) in [6.45, 7) is 5.03. The summed E-state index contributed by atoms with van der Waals surface area (Å²) in [5, 5.41) is 0. The van der Waals surface area contributed by atoms with Crippen LogP contribution in [0.5, 0.6) is 0 Å². The monoisotopic (exact) mass is 536 g/mol. The molecule has 4 aromatic carbocycles. The number of benzene rings is 4. The second-order valence-electron chi connectivity index (χ2n) is 10.8. The Bertz CT molecular complexity index is 1230. The molecule has 4 heteroatoms. The maximum Gasteiger partial charge on any atom is 0.111 e. The van der Waals surface area contributed by atoms with Gasteiger partial charge >= 0.3 is 0 Å². The van der Waals surface area contributed by atoms with Gasteiger partial charge in [-0.1, -0.05) is 128 Å². The predicted octanol–water partition coefficient (Wildman–Crippen LogP) is 7.62. The molecule has 5 rings (SSSR count). The van der Waals surface area contributed by atoms with E-state index in [0.717, 1.165) is 23.1 Å². The van der Waals surface area contributed by atoms with Crippen LogP contribution in [0.2, 0.25) is 0 Å². The molecule has 4 nitrogen and oxygen atoms in total. The van der Waals surface area contributed by atoms with Crippen LogP contribution in [-0.4, -0.2) is 24.9 Å². The van der Waals surface area contributed by atoms with Gasteiger partial charge in [0.05, 0.1) is 45.2 Å². The lowest BCUT2D eigenvalue weighted by Crippen LogP contribution is -2.54. The van der Waals surface area contributed by atoms with Crippen molar-refractivity contribution in [3.05, 3.63) is 144 Å². The van der Waals surface area contributed by atoms with Crippen molar-refractivity contribution >= 4 is 0 Å². The molecule has 0 aromatic heterocycles. The van der Waals surface area contributed by atoms with Gasteiger partial charge in [-0.25, -0.2) is 0 Å². The first-order valence-electron chi connectivity index (χ1n) is 14.3. The van der Waals surface area contributed by atoms with Crippen molar-refractivity contribution in [2.75, 3.05) is 6.61 Å². The smallest absolute Gasteiger partial charge is 0.111 e. The number of hydrogen-bond acceptors (Lipinski definition) is 4. The Kier molecular flexibility index (Phi) is 10.5. The highest BCUT2D eigenvalue weighted by atomic mass is 16.6. The van der Waals surface area contributed by atoms with Crippen LogP contribution in [0.3, 0.4) is 0 Å². The van der Waals surface area contributed by atoms with Crippen molar-refractivity contribution in [1.82, 2.24) is 0 Å². The molecule has 0 bridgehead atoms. The van der Waals surface area contributed by atoms with Crippen LogP contribution < -0.4 is 0 Å². The standard InChI is InChI=1S/C36H40O4/c1-28-22-33(27-37-23-29-14-6-2-7-15-29)35(39-25-31-18-10-4-11-19-31)36(40-26-32-20-12-5-13-21-32)34(28)38-24-30-16-8-3-9-17-30/h2-21,28,33-36H,22-27H2,1H3/t28-,33+,34+,35+,36+/m0/s1. The van der Waals surface area contributed by atoms with Crippen LogP contribution in [0.1, 0.15) is 35.6 Å². The van der Waals surface area contributed by atoms with E-state index in [9.17, 15) is 0 Å². The van der Waals surface area contributed by atoms with Crippen molar-refractivity contribution in [3.8, 4) is 0 Å². The van der Waals surface area contributed by atoms with Gasteiger partial charge in [0, 0.05) is 5.92 Å². The molecule has 1 fully saturated rings. The minimum atomic E-state index is -0.235. The van der Waals surface area contributed by atoms with E-state index in [1.807, 2.05) is 24.3 Å². The zero-order valence-corrected chi connectivity index (χ0v) is 23.3. The molecule has 0 radical (unpaired) electrons. The summed E-state index contributed by atoms with van der Waals surface area (Å²) in [5.41, 5.74) is 4.62. The van der Waals surface area contributed by atoms with Gasteiger partial charge in [-0.15, -0.1) is 0 Å². The van der Waals surface area contributed by atoms with E-state index >= 15 is 0 Å². The molecule has 1 saturated carbocycles. The summed E-state index contributed by atoms with van der Waals surface area (Å²) in [5.74, 6) is 0.464. The highest BCUT2D eigenvalue weighted by molar-refractivity contribution is 5.16. The zero-order chi connectivity index (χ0) is 27.4. The van der Waals surface area contributed by atoms with E-state index in [1.54, 1.807) is 0 Å². The second kappa shape index (κ2) is 14.9. The Morgan fingerprint density at radius 3 is 1.30 bits per heavy atom. The molecule has 0 unspecified atom stereocenters. The van der Waals surface area contributed by atoms with Crippen LogP contribution in [0.4, 0.5) is 0 Å². The molecule has 5 atom stereocenters. The SMILES string of the molecule is C[C@H]1C[C@H](COCc2ccccc2)[C@@H](OCc2ccccc2)[C@H](OCc2ccccc2)[C@@H]1OCc1ccccc1. The fourth-order valence-electron chi connectivity index (χ4n) is 5.57. The van der Waals surface area contributed by atoms with Gasteiger partial charge in [-0.3, -0.25) is 0 Å². The highest BCUT2D eigenvalue weighted by Crippen LogP contribution is 2.37. The lowest BCUT2D eigenvalue weighted by Gasteiger charge is -2.45. The molecule has 208 valence electrons.